The Bertz CT molecular complexity index is 1370. The molecule has 2 N–H and O–H groups in total. The quantitative estimate of drug-likeness (QED) is 0.419. The fourth-order valence-electron chi connectivity index (χ4n) is 4.36. The normalized spacial score (nSPS) is 14.3. The first-order chi connectivity index (χ1) is 16.8. The summed E-state index contributed by atoms with van der Waals surface area (Å²) in [6.07, 6.45) is -4.14. The van der Waals surface area contributed by atoms with Crippen LogP contribution in [0, 0.1) is 0 Å². The van der Waals surface area contributed by atoms with Gasteiger partial charge in [-0.25, -0.2) is 0 Å². The fourth-order valence-corrected chi connectivity index (χ4v) is 4.36. The summed E-state index contributed by atoms with van der Waals surface area (Å²) >= 11 is 0. The highest BCUT2D eigenvalue weighted by molar-refractivity contribution is 5.84. The van der Waals surface area contributed by atoms with Crippen molar-refractivity contribution in [1.29, 1.82) is 0 Å². The highest BCUT2D eigenvalue weighted by Crippen LogP contribution is 2.25. The smallest absolute Gasteiger partial charge is 0.406 e. The number of aromatic nitrogens is 1. The third kappa shape index (κ3) is 5.49. The lowest BCUT2D eigenvalue weighted by atomic mass is 10.0. The van der Waals surface area contributed by atoms with Crippen LogP contribution in [0.15, 0.2) is 77.6 Å². The largest absolute Gasteiger partial charge is 0.573 e. The summed E-state index contributed by atoms with van der Waals surface area (Å²) in [4.78, 5) is 18.5. The molecule has 1 aliphatic heterocycles. The van der Waals surface area contributed by atoms with Gasteiger partial charge >= 0.3 is 6.36 Å². The maximum Gasteiger partial charge on any atom is 0.573 e. The number of benzene rings is 3. The molecule has 180 valence electrons. The molecule has 1 saturated heterocycles. The number of halogens is 3. The van der Waals surface area contributed by atoms with E-state index < -0.39 is 6.36 Å². The Morgan fingerprint density at radius 1 is 0.857 bits per heavy atom. The number of pyridine rings is 1. The summed E-state index contributed by atoms with van der Waals surface area (Å²) in [6, 6.07) is 21.2. The number of fused-ring (bicyclic) bond motifs is 1. The van der Waals surface area contributed by atoms with Crippen molar-refractivity contribution in [1.82, 2.24) is 10.3 Å². The van der Waals surface area contributed by atoms with Gasteiger partial charge in [0, 0.05) is 49.0 Å². The lowest BCUT2D eigenvalue weighted by Gasteiger charge is -2.29. The number of rotatable bonds is 5. The Kier molecular flexibility index (Phi) is 6.21. The summed E-state index contributed by atoms with van der Waals surface area (Å²) < 4.78 is 40.9. The van der Waals surface area contributed by atoms with Gasteiger partial charge in [0.1, 0.15) is 5.75 Å². The molecule has 0 radical (unpaired) electrons. The number of aromatic amines is 1. The molecule has 5 rings (SSSR count). The van der Waals surface area contributed by atoms with E-state index in [-0.39, 0.29) is 11.2 Å². The Morgan fingerprint density at radius 3 is 2.17 bits per heavy atom. The van der Waals surface area contributed by atoms with Crippen LogP contribution in [0.5, 0.6) is 5.75 Å². The fraction of sp³-hybridized carbons (Fsp3) is 0.222. The first kappa shape index (κ1) is 23.0. The van der Waals surface area contributed by atoms with Crippen LogP contribution in [0.2, 0.25) is 0 Å². The maximum absolute atomic E-state index is 12.8. The van der Waals surface area contributed by atoms with E-state index in [1.54, 1.807) is 18.2 Å². The first-order valence-corrected chi connectivity index (χ1v) is 11.4. The van der Waals surface area contributed by atoms with E-state index in [1.165, 1.54) is 12.1 Å². The zero-order valence-corrected chi connectivity index (χ0v) is 18.9. The number of nitrogens with zero attached hydrogens (tertiary/aromatic N) is 1. The molecule has 2 heterocycles. The van der Waals surface area contributed by atoms with Gasteiger partial charge in [0.15, 0.2) is 5.43 Å². The number of ether oxygens (including phenoxy) is 1. The summed E-state index contributed by atoms with van der Waals surface area (Å²) in [6.45, 7) is 3.72. The molecule has 0 aliphatic carbocycles. The zero-order chi connectivity index (χ0) is 24.4. The average Bonchev–Trinajstić information content (AvgIpc) is 2.85. The van der Waals surface area contributed by atoms with Crippen LogP contribution >= 0.6 is 0 Å². The van der Waals surface area contributed by atoms with E-state index in [2.05, 4.69) is 19.9 Å². The van der Waals surface area contributed by atoms with Crippen LogP contribution in [-0.2, 0) is 6.42 Å². The number of hydrogen-bond donors (Lipinski definition) is 2. The Balaban J connectivity index is 1.35. The van der Waals surface area contributed by atoms with Gasteiger partial charge in [0.25, 0.3) is 0 Å². The summed E-state index contributed by atoms with van der Waals surface area (Å²) in [7, 11) is 0. The lowest BCUT2D eigenvalue weighted by molar-refractivity contribution is -0.274. The molecule has 0 unspecified atom stereocenters. The van der Waals surface area contributed by atoms with Crippen molar-refractivity contribution in [2.45, 2.75) is 12.8 Å². The first-order valence-electron chi connectivity index (χ1n) is 11.4. The Morgan fingerprint density at radius 2 is 1.51 bits per heavy atom. The Labute approximate surface area is 200 Å². The van der Waals surface area contributed by atoms with Crippen molar-refractivity contribution < 1.29 is 17.9 Å². The van der Waals surface area contributed by atoms with Crippen molar-refractivity contribution in [2.75, 3.05) is 31.1 Å². The minimum atomic E-state index is -4.70. The molecule has 0 spiro atoms. The van der Waals surface area contributed by atoms with E-state index in [4.69, 9.17) is 0 Å². The van der Waals surface area contributed by atoms with E-state index in [0.717, 1.165) is 59.8 Å². The highest BCUT2D eigenvalue weighted by atomic mass is 19.4. The number of piperazine rings is 1. The Hall–Kier alpha value is -3.78. The molecule has 1 aromatic heterocycles. The van der Waals surface area contributed by atoms with Gasteiger partial charge in [-0.2, -0.15) is 0 Å². The van der Waals surface area contributed by atoms with E-state index >= 15 is 0 Å². The predicted molar refractivity (Wildman–Crippen MR) is 131 cm³/mol. The molecule has 4 aromatic rings. The molecule has 0 amide bonds. The van der Waals surface area contributed by atoms with Crippen molar-refractivity contribution in [2.24, 2.45) is 0 Å². The molecule has 0 saturated carbocycles. The minimum Gasteiger partial charge on any atom is -0.406 e. The van der Waals surface area contributed by atoms with Crippen molar-refractivity contribution in [3.05, 3.63) is 94.1 Å². The standard InChI is InChI=1S/C27H24F3N3O2/c28-27(29,30)35-22-8-3-19(4-9-22)15-18-1-5-20(6-2-18)24-17-26(34)23-10-7-21(16-25(23)32-24)33-13-11-31-12-14-33/h1-10,16-17,31H,11-15H2,(H,32,34). The van der Waals surface area contributed by atoms with Crippen LogP contribution in [0.25, 0.3) is 22.2 Å². The molecule has 3 aromatic carbocycles. The van der Waals surface area contributed by atoms with E-state index in [9.17, 15) is 18.0 Å². The molecule has 5 nitrogen and oxygen atoms in total. The van der Waals surface area contributed by atoms with Gasteiger partial charge in [0.2, 0.25) is 0 Å². The molecular weight excluding hydrogens is 455 g/mol. The molecule has 8 heteroatoms. The number of anilines is 1. The topological polar surface area (TPSA) is 57.4 Å². The minimum absolute atomic E-state index is 0.0362. The summed E-state index contributed by atoms with van der Waals surface area (Å²) in [5, 5.41) is 4.00. The van der Waals surface area contributed by atoms with Crippen LogP contribution in [-0.4, -0.2) is 37.5 Å². The van der Waals surface area contributed by atoms with Gasteiger partial charge in [-0.1, -0.05) is 36.4 Å². The molecule has 0 atom stereocenters. The van der Waals surface area contributed by atoms with Gasteiger partial charge in [-0.05, 0) is 53.4 Å². The van der Waals surface area contributed by atoms with Crippen molar-refractivity contribution >= 4 is 16.6 Å². The number of nitrogens with one attached hydrogen (secondary N) is 2. The zero-order valence-electron chi connectivity index (χ0n) is 18.9. The van der Waals surface area contributed by atoms with Crippen molar-refractivity contribution in [3.8, 4) is 17.0 Å². The van der Waals surface area contributed by atoms with E-state index in [0.29, 0.717) is 11.8 Å². The highest BCUT2D eigenvalue weighted by Gasteiger charge is 2.30. The predicted octanol–water partition coefficient (Wildman–Crippen LogP) is 5.09. The van der Waals surface area contributed by atoms with Crippen molar-refractivity contribution in [3.63, 3.8) is 0 Å². The molecule has 0 bridgehead atoms. The molecular formula is C27H24F3N3O2. The maximum atomic E-state index is 12.8. The summed E-state index contributed by atoms with van der Waals surface area (Å²) in [5.74, 6) is -0.239. The third-order valence-corrected chi connectivity index (χ3v) is 6.13. The second kappa shape index (κ2) is 9.46. The van der Waals surface area contributed by atoms with Gasteiger partial charge in [-0.15, -0.1) is 13.2 Å². The number of alkyl halides is 3. The SMILES string of the molecule is O=c1cc(-c2ccc(Cc3ccc(OC(F)(F)F)cc3)cc2)[nH]c2cc(N3CCNCC3)ccc12. The molecule has 1 fully saturated rings. The van der Waals surface area contributed by atoms with E-state index in [1.807, 2.05) is 42.5 Å². The number of H-pyrrole nitrogens is 1. The second-order valence-corrected chi connectivity index (χ2v) is 8.58. The molecule has 35 heavy (non-hydrogen) atoms. The van der Waals surface area contributed by atoms with Crippen LogP contribution < -0.4 is 20.4 Å². The number of hydrogen-bond acceptors (Lipinski definition) is 4. The lowest BCUT2D eigenvalue weighted by Crippen LogP contribution is -2.43. The van der Waals surface area contributed by atoms with Gasteiger partial charge in [-0.3, -0.25) is 4.79 Å². The third-order valence-electron chi connectivity index (χ3n) is 6.13. The van der Waals surface area contributed by atoms with Gasteiger partial charge in [0.05, 0.1) is 5.52 Å². The van der Waals surface area contributed by atoms with Gasteiger partial charge < -0.3 is 19.9 Å². The second-order valence-electron chi connectivity index (χ2n) is 8.58. The van der Waals surface area contributed by atoms with Crippen LogP contribution in [0.3, 0.4) is 0 Å². The average molecular weight is 480 g/mol. The van der Waals surface area contributed by atoms with Crippen LogP contribution in [0.4, 0.5) is 18.9 Å². The summed E-state index contributed by atoms with van der Waals surface area (Å²) in [5.41, 5.74) is 5.34. The van der Waals surface area contributed by atoms with Crippen LogP contribution in [0.1, 0.15) is 11.1 Å². The monoisotopic (exact) mass is 479 g/mol. The molecule has 1 aliphatic rings.